The lowest BCUT2D eigenvalue weighted by atomic mass is 10.1. The van der Waals surface area contributed by atoms with Gasteiger partial charge < -0.3 is 9.47 Å². The lowest BCUT2D eigenvalue weighted by molar-refractivity contribution is -0.130. The molecule has 0 radical (unpaired) electrons. The van der Waals surface area contributed by atoms with E-state index in [0.29, 0.717) is 17.9 Å². The van der Waals surface area contributed by atoms with E-state index in [1.54, 1.807) is 13.0 Å². The van der Waals surface area contributed by atoms with Crippen LogP contribution >= 0.6 is 0 Å². The number of benzene rings is 2. The van der Waals surface area contributed by atoms with E-state index < -0.39 is 5.97 Å². The minimum atomic E-state index is -0.421. The topological polar surface area (TPSA) is 35.5 Å². The van der Waals surface area contributed by atoms with E-state index in [4.69, 9.17) is 9.47 Å². The summed E-state index contributed by atoms with van der Waals surface area (Å²) in [6.07, 6.45) is 0. The smallest absolute Gasteiger partial charge is 0.338 e. The molecule has 0 spiro atoms. The number of rotatable bonds is 5. The number of fused-ring (bicyclic) bond motifs is 1. The SMILES string of the molecule is C=C(C)COc1ccc2cc(OC(=O)C(=C)C)ccc2c1. The Morgan fingerprint density at radius 2 is 1.57 bits per heavy atom. The lowest BCUT2D eigenvalue weighted by Crippen LogP contribution is -2.07. The molecule has 0 aliphatic carbocycles. The van der Waals surface area contributed by atoms with Crippen LogP contribution in [-0.2, 0) is 4.79 Å². The fourth-order valence-electron chi connectivity index (χ4n) is 1.76. The van der Waals surface area contributed by atoms with Crippen molar-refractivity contribution in [3.8, 4) is 11.5 Å². The van der Waals surface area contributed by atoms with Gasteiger partial charge in [0.05, 0.1) is 0 Å². The molecule has 0 aromatic heterocycles. The summed E-state index contributed by atoms with van der Waals surface area (Å²) in [5.74, 6) is 0.874. The minimum Gasteiger partial charge on any atom is -0.489 e. The van der Waals surface area contributed by atoms with Gasteiger partial charge in [0.25, 0.3) is 0 Å². The monoisotopic (exact) mass is 282 g/mol. The van der Waals surface area contributed by atoms with E-state index in [2.05, 4.69) is 13.2 Å². The molecule has 0 saturated carbocycles. The van der Waals surface area contributed by atoms with E-state index in [9.17, 15) is 4.79 Å². The summed E-state index contributed by atoms with van der Waals surface area (Å²) in [4.78, 5) is 11.5. The van der Waals surface area contributed by atoms with Crippen molar-refractivity contribution in [2.24, 2.45) is 0 Å². The van der Waals surface area contributed by atoms with Gasteiger partial charge in [-0.3, -0.25) is 0 Å². The average Bonchev–Trinajstić information content (AvgIpc) is 2.44. The number of esters is 1. The average molecular weight is 282 g/mol. The van der Waals surface area contributed by atoms with Crippen LogP contribution in [-0.4, -0.2) is 12.6 Å². The first-order valence-electron chi connectivity index (χ1n) is 6.64. The van der Waals surface area contributed by atoms with Crippen LogP contribution in [0.1, 0.15) is 13.8 Å². The van der Waals surface area contributed by atoms with E-state index >= 15 is 0 Å². The van der Waals surface area contributed by atoms with Crippen molar-refractivity contribution in [2.75, 3.05) is 6.61 Å². The highest BCUT2D eigenvalue weighted by Gasteiger charge is 2.06. The summed E-state index contributed by atoms with van der Waals surface area (Å²) in [6, 6.07) is 11.2. The molecule has 21 heavy (non-hydrogen) atoms. The Hall–Kier alpha value is -2.55. The molecule has 0 fully saturated rings. The molecule has 2 aromatic rings. The molecule has 0 amide bonds. The second kappa shape index (κ2) is 6.27. The fraction of sp³-hybridized carbons (Fsp3) is 0.167. The molecule has 108 valence electrons. The zero-order chi connectivity index (χ0) is 15.4. The van der Waals surface area contributed by atoms with E-state index in [0.717, 1.165) is 22.1 Å². The van der Waals surface area contributed by atoms with Crippen molar-refractivity contribution < 1.29 is 14.3 Å². The van der Waals surface area contributed by atoms with Gasteiger partial charge in [0.15, 0.2) is 0 Å². The van der Waals surface area contributed by atoms with Crippen LogP contribution in [0.3, 0.4) is 0 Å². The predicted octanol–water partition coefficient (Wildman–Crippen LogP) is 4.28. The van der Waals surface area contributed by atoms with Gasteiger partial charge in [0.1, 0.15) is 18.1 Å². The third kappa shape index (κ3) is 3.96. The number of carbonyl (C=O) groups excluding carboxylic acids is 1. The number of hydrogen-bond acceptors (Lipinski definition) is 3. The molecule has 2 aromatic carbocycles. The van der Waals surface area contributed by atoms with Gasteiger partial charge in [0, 0.05) is 5.57 Å². The Kier molecular flexibility index (Phi) is 4.43. The highest BCUT2D eigenvalue weighted by molar-refractivity contribution is 5.90. The van der Waals surface area contributed by atoms with Gasteiger partial charge in [-0.1, -0.05) is 25.3 Å². The second-order valence-electron chi connectivity index (χ2n) is 5.09. The molecule has 0 bridgehead atoms. The Bertz CT molecular complexity index is 713. The predicted molar refractivity (Wildman–Crippen MR) is 84.7 cm³/mol. The van der Waals surface area contributed by atoms with Crippen LogP contribution in [0.4, 0.5) is 0 Å². The highest BCUT2D eigenvalue weighted by Crippen LogP contribution is 2.25. The third-order valence-corrected chi connectivity index (χ3v) is 2.83. The van der Waals surface area contributed by atoms with E-state index in [-0.39, 0.29) is 0 Å². The zero-order valence-electron chi connectivity index (χ0n) is 12.3. The van der Waals surface area contributed by atoms with Gasteiger partial charge >= 0.3 is 5.97 Å². The molecular weight excluding hydrogens is 264 g/mol. The van der Waals surface area contributed by atoms with Crippen LogP contribution < -0.4 is 9.47 Å². The summed E-state index contributed by atoms with van der Waals surface area (Å²) in [7, 11) is 0. The van der Waals surface area contributed by atoms with Crippen LogP contribution in [0.15, 0.2) is 60.7 Å². The summed E-state index contributed by atoms with van der Waals surface area (Å²) in [6.45, 7) is 11.4. The molecule has 0 aliphatic rings. The van der Waals surface area contributed by atoms with Gasteiger partial charge in [-0.25, -0.2) is 4.79 Å². The first-order chi connectivity index (χ1) is 9.95. The third-order valence-electron chi connectivity index (χ3n) is 2.83. The van der Waals surface area contributed by atoms with Crippen molar-refractivity contribution in [1.29, 1.82) is 0 Å². The standard InChI is InChI=1S/C18H18O3/c1-12(2)11-20-16-7-5-15-10-17(8-6-14(15)9-16)21-18(19)13(3)4/h5-10H,1,3,11H2,2,4H3. The van der Waals surface area contributed by atoms with Gasteiger partial charge in [-0.05, 0) is 54.5 Å². The molecule has 0 heterocycles. The first kappa shape index (κ1) is 14.9. The maximum Gasteiger partial charge on any atom is 0.338 e. The first-order valence-corrected chi connectivity index (χ1v) is 6.64. The van der Waals surface area contributed by atoms with Gasteiger partial charge in [-0.2, -0.15) is 0 Å². The molecule has 0 N–H and O–H groups in total. The lowest BCUT2D eigenvalue weighted by Gasteiger charge is -2.08. The normalized spacial score (nSPS) is 10.2. The summed E-state index contributed by atoms with van der Waals surface area (Å²) < 4.78 is 10.8. The number of hydrogen-bond donors (Lipinski definition) is 0. The quantitative estimate of drug-likeness (QED) is 0.355. The van der Waals surface area contributed by atoms with Crippen LogP contribution in [0.5, 0.6) is 11.5 Å². The van der Waals surface area contributed by atoms with E-state index in [1.807, 2.05) is 37.3 Å². The van der Waals surface area contributed by atoms with Crippen molar-refractivity contribution in [3.05, 3.63) is 60.7 Å². The summed E-state index contributed by atoms with van der Waals surface area (Å²) >= 11 is 0. The molecule has 0 aliphatic heterocycles. The maximum absolute atomic E-state index is 11.5. The molecular formula is C18H18O3. The van der Waals surface area contributed by atoms with Crippen molar-refractivity contribution in [1.82, 2.24) is 0 Å². The van der Waals surface area contributed by atoms with Crippen LogP contribution in [0, 0.1) is 0 Å². The Balaban J connectivity index is 2.21. The maximum atomic E-state index is 11.5. The number of carbonyl (C=O) groups is 1. The Morgan fingerprint density at radius 1 is 1.00 bits per heavy atom. The van der Waals surface area contributed by atoms with Gasteiger partial charge in [0.2, 0.25) is 0 Å². The van der Waals surface area contributed by atoms with Crippen molar-refractivity contribution in [2.45, 2.75) is 13.8 Å². The fourth-order valence-corrected chi connectivity index (χ4v) is 1.76. The molecule has 2 rings (SSSR count). The van der Waals surface area contributed by atoms with E-state index in [1.165, 1.54) is 0 Å². The largest absolute Gasteiger partial charge is 0.489 e. The molecule has 0 atom stereocenters. The summed E-state index contributed by atoms with van der Waals surface area (Å²) in [5.41, 5.74) is 1.34. The number of ether oxygens (including phenoxy) is 2. The molecule has 3 heteroatoms. The van der Waals surface area contributed by atoms with Crippen molar-refractivity contribution in [3.63, 3.8) is 0 Å². The van der Waals surface area contributed by atoms with Crippen LogP contribution in [0.25, 0.3) is 10.8 Å². The second-order valence-corrected chi connectivity index (χ2v) is 5.09. The Labute approximate surface area is 124 Å². The highest BCUT2D eigenvalue weighted by atomic mass is 16.5. The molecule has 0 unspecified atom stereocenters. The van der Waals surface area contributed by atoms with Crippen LogP contribution in [0.2, 0.25) is 0 Å². The summed E-state index contributed by atoms with van der Waals surface area (Å²) in [5, 5.41) is 1.99. The van der Waals surface area contributed by atoms with Crippen molar-refractivity contribution >= 4 is 16.7 Å². The zero-order valence-corrected chi connectivity index (χ0v) is 12.3. The minimum absolute atomic E-state index is 0.374. The molecule has 0 saturated heterocycles. The Morgan fingerprint density at radius 3 is 2.14 bits per heavy atom. The van der Waals surface area contributed by atoms with Gasteiger partial charge in [-0.15, -0.1) is 0 Å². The molecule has 3 nitrogen and oxygen atoms in total.